The van der Waals surface area contributed by atoms with Gasteiger partial charge < -0.3 is 5.11 Å². The fraction of sp³-hybridized carbons (Fsp3) is 0.172. The molecule has 0 fully saturated rings. The fourth-order valence-corrected chi connectivity index (χ4v) is 5.29. The molecule has 0 aliphatic rings. The molecule has 5 rings (SSSR count). The van der Waals surface area contributed by atoms with Gasteiger partial charge in [-0.25, -0.2) is 9.36 Å². The Kier molecular flexibility index (Phi) is 6.17. The van der Waals surface area contributed by atoms with Crippen LogP contribution in [-0.2, 0) is 14.1 Å². The van der Waals surface area contributed by atoms with Gasteiger partial charge in [-0.2, -0.15) is 0 Å². The van der Waals surface area contributed by atoms with E-state index in [1.807, 2.05) is 88.6 Å². The number of hydrogen-bond donors (Lipinski definition) is 1. The number of halogens is 1. The topological polar surface area (TPSA) is 74.1 Å². The maximum absolute atomic E-state index is 14.1. The summed E-state index contributed by atoms with van der Waals surface area (Å²) in [5.41, 5.74) is 3.59. The molecule has 2 aromatic heterocycles. The minimum Gasteiger partial charge on any atom is -0.506 e. The van der Waals surface area contributed by atoms with Gasteiger partial charge in [0.2, 0.25) is 0 Å². The Morgan fingerprint density at radius 2 is 1.11 bits per heavy atom. The van der Waals surface area contributed by atoms with E-state index in [2.05, 4.69) is 0 Å². The van der Waals surface area contributed by atoms with E-state index in [1.54, 1.807) is 30.9 Å². The third-order valence-corrected chi connectivity index (χ3v) is 7.51. The maximum Gasteiger partial charge on any atom is 0.275 e. The van der Waals surface area contributed by atoms with E-state index in [-0.39, 0.29) is 21.9 Å². The van der Waals surface area contributed by atoms with Gasteiger partial charge in [0.15, 0.2) is 0 Å². The molecule has 0 amide bonds. The van der Waals surface area contributed by atoms with E-state index in [0.29, 0.717) is 39.5 Å². The Balaban J connectivity index is 1.88. The van der Waals surface area contributed by atoms with Crippen molar-refractivity contribution < 1.29 is 5.11 Å². The van der Waals surface area contributed by atoms with Crippen LogP contribution >= 0.6 is 11.6 Å². The number of hydrogen-bond acceptors (Lipinski definition) is 3. The van der Waals surface area contributed by atoms with Crippen LogP contribution in [0.25, 0.3) is 11.4 Å². The van der Waals surface area contributed by atoms with Gasteiger partial charge in [-0.15, -0.1) is 0 Å². The molecule has 188 valence electrons. The van der Waals surface area contributed by atoms with Crippen molar-refractivity contribution in [1.82, 2.24) is 18.7 Å². The van der Waals surface area contributed by atoms with Gasteiger partial charge in [0.05, 0.1) is 33.4 Å². The van der Waals surface area contributed by atoms with Crippen molar-refractivity contribution in [3.8, 4) is 17.1 Å². The van der Waals surface area contributed by atoms with Crippen LogP contribution in [0.5, 0.6) is 5.75 Å². The van der Waals surface area contributed by atoms with Crippen molar-refractivity contribution in [3.63, 3.8) is 0 Å². The lowest BCUT2D eigenvalue weighted by atomic mass is 9.85. The first-order valence-corrected chi connectivity index (χ1v) is 12.3. The predicted octanol–water partition coefficient (Wildman–Crippen LogP) is 4.82. The Bertz CT molecular complexity index is 1620. The number of benzene rings is 3. The van der Waals surface area contributed by atoms with Gasteiger partial charge in [-0.05, 0) is 49.7 Å². The number of para-hydroxylation sites is 2. The molecule has 0 atom stereocenters. The van der Waals surface area contributed by atoms with Crippen LogP contribution in [0.4, 0.5) is 0 Å². The normalized spacial score (nSPS) is 11.4. The molecule has 8 heteroatoms. The molecule has 0 unspecified atom stereocenters. The van der Waals surface area contributed by atoms with E-state index in [9.17, 15) is 14.7 Å². The summed E-state index contributed by atoms with van der Waals surface area (Å²) < 4.78 is 6.74. The van der Waals surface area contributed by atoms with Crippen LogP contribution in [0.3, 0.4) is 0 Å². The van der Waals surface area contributed by atoms with Crippen molar-refractivity contribution in [2.45, 2.75) is 19.8 Å². The quantitative estimate of drug-likeness (QED) is 0.365. The van der Waals surface area contributed by atoms with E-state index in [1.165, 1.54) is 6.07 Å². The van der Waals surface area contributed by atoms with Gasteiger partial charge >= 0.3 is 0 Å². The molecule has 7 nitrogen and oxygen atoms in total. The second-order valence-corrected chi connectivity index (χ2v) is 9.44. The molecular weight excluding hydrogens is 488 g/mol. The summed E-state index contributed by atoms with van der Waals surface area (Å²) in [4.78, 5) is 28.2. The number of rotatable bonds is 5. The smallest absolute Gasteiger partial charge is 0.275 e. The lowest BCUT2D eigenvalue weighted by Crippen LogP contribution is -2.26. The summed E-state index contributed by atoms with van der Waals surface area (Å²) in [5.74, 6) is -0.926. The molecule has 0 saturated heterocycles. The molecule has 5 aromatic rings. The lowest BCUT2D eigenvalue weighted by molar-refractivity contribution is 0.474. The first-order chi connectivity index (χ1) is 17.7. The maximum atomic E-state index is 14.1. The summed E-state index contributed by atoms with van der Waals surface area (Å²) in [6.07, 6.45) is 0. The predicted molar refractivity (Wildman–Crippen MR) is 146 cm³/mol. The highest BCUT2D eigenvalue weighted by atomic mass is 35.5. The summed E-state index contributed by atoms with van der Waals surface area (Å²) in [7, 11) is 3.63. The van der Waals surface area contributed by atoms with Crippen LogP contribution < -0.4 is 11.1 Å². The van der Waals surface area contributed by atoms with Gasteiger partial charge in [0.25, 0.3) is 11.1 Å². The standard InChI is InChI=1S/C29H27ClN4O3/c1-18-24(28(36)33(31(18)3)20-12-7-5-8-13-20)26(22-16-11-17-23(35)27(22)30)25-19(2)32(4)34(29(25)37)21-14-9-6-10-15-21/h5-17,26,35H,1-4H3. The van der Waals surface area contributed by atoms with E-state index in [0.717, 1.165) is 0 Å². The zero-order chi connectivity index (χ0) is 26.4. The molecule has 1 N–H and O–H groups in total. The van der Waals surface area contributed by atoms with Crippen molar-refractivity contribution in [2.24, 2.45) is 14.1 Å². The zero-order valence-electron chi connectivity index (χ0n) is 21.0. The molecule has 0 saturated carbocycles. The van der Waals surface area contributed by atoms with Crippen LogP contribution in [0, 0.1) is 13.8 Å². The zero-order valence-corrected chi connectivity index (χ0v) is 21.8. The second kappa shape index (κ2) is 9.33. The minimum atomic E-state index is -0.813. The molecule has 0 aliphatic carbocycles. The SMILES string of the molecule is Cc1c(C(c2cccc(O)c2Cl)c2c(C)n(C)n(-c3ccccc3)c2=O)c(=O)n(-c2ccccc2)n1C. The molecule has 0 bridgehead atoms. The largest absolute Gasteiger partial charge is 0.506 e. The molecule has 37 heavy (non-hydrogen) atoms. The third-order valence-electron chi connectivity index (χ3n) is 7.09. The van der Waals surface area contributed by atoms with Crippen LogP contribution in [0.2, 0.25) is 5.02 Å². The van der Waals surface area contributed by atoms with Crippen molar-refractivity contribution >= 4 is 11.6 Å². The Labute approximate surface area is 219 Å². The highest BCUT2D eigenvalue weighted by Gasteiger charge is 2.34. The molecular formula is C29H27ClN4O3. The van der Waals surface area contributed by atoms with Crippen molar-refractivity contribution in [3.05, 3.63) is 133 Å². The average molecular weight is 515 g/mol. The summed E-state index contributed by atoms with van der Waals surface area (Å²) in [6, 6.07) is 23.6. The van der Waals surface area contributed by atoms with E-state index < -0.39 is 5.92 Å². The number of phenols is 1. The van der Waals surface area contributed by atoms with Crippen LogP contribution in [0.15, 0.2) is 88.5 Å². The number of nitrogens with zero attached hydrogens (tertiary/aromatic N) is 4. The Hall–Kier alpha value is -4.23. The highest BCUT2D eigenvalue weighted by Crippen LogP contribution is 2.40. The first kappa shape index (κ1) is 24.5. The van der Waals surface area contributed by atoms with E-state index in [4.69, 9.17) is 11.6 Å². The van der Waals surface area contributed by atoms with Crippen LogP contribution in [-0.4, -0.2) is 23.8 Å². The Morgan fingerprint density at radius 3 is 1.54 bits per heavy atom. The lowest BCUT2D eigenvalue weighted by Gasteiger charge is -2.18. The Morgan fingerprint density at radius 1 is 0.676 bits per heavy atom. The van der Waals surface area contributed by atoms with Gasteiger partial charge in [0.1, 0.15) is 5.75 Å². The average Bonchev–Trinajstić information content (AvgIpc) is 3.26. The summed E-state index contributed by atoms with van der Waals surface area (Å²) in [6.45, 7) is 3.71. The van der Waals surface area contributed by atoms with Crippen LogP contribution in [0.1, 0.15) is 34.0 Å². The number of phenolic OH excluding ortho intramolecular Hbond substituents is 1. The monoisotopic (exact) mass is 514 g/mol. The van der Waals surface area contributed by atoms with Gasteiger partial charge in [-0.3, -0.25) is 19.0 Å². The molecule has 0 spiro atoms. The fourth-order valence-electron chi connectivity index (χ4n) is 5.06. The third kappa shape index (κ3) is 3.83. The van der Waals surface area contributed by atoms with Gasteiger partial charge in [0, 0.05) is 25.5 Å². The number of aromatic nitrogens is 4. The summed E-state index contributed by atoms with van der Waals surface area (Å²) >= 11 is 6.64. The van der Waals surface area contributed by atoms with E-state index >= 15 is 0 Å². The first-order valence-electron chi connectivity index (χ1n) is 11.9. The highest BCUT2D eigenvalue weighted by molar-refractivity contribution is 6.32. The summed E-state index contributed by atoms with van der Waals surface area (Å²) in [5, 5.41) is 10.6. The molecule has 0 radical (unpaired) electrons. The van der Waals surface area contributed by atoms with Gasteiger partial charge in [-0.1, -0.05) is 60.1 Å². The molecule has 3 aromatic carbocycles. The molecule has 0 aliphatic heterocycles. The van der Waals surface area contributed by atoms with Crippen molar-refractivity contribution in [1.29, 1.82) is 0 Å². The minimum absolute atomic E-state index is 0.107. The van der Waals surface area contributed by atoms with Crippen molar-refractivity contribution in [2.75, 3.05) is 0 Å². The number of aromatic hydroxyl groups is 1. The second-order valence-electron chi connectivity index (χ2n) is 9.06. The molecule has 2 heterocycles.